The summed E-state index contributed by atoms with van der Waals surface area (Å²) in [5.74, 6) is 0.507. The molecule has 144 valence electrons. The zero-order valence-electron chi connectivity index (χ0n) is 15.8. The van der Waals surface area contributed by atoms with Crippen LogP contribution in [0.5, 0.6) is 0 Å². The Balaban J connectivity index is 1.96. The van der Waals surface area contributed by atoms with Gasteiger partial charge in [-0.1, -0.05) is 0 Å². The monoisotopic (exact) mass is 371 g/mol. The molecule has 8 heteroatoms. The smallest absolute Gasteiger partial charge is 0.320 e. The number of pyridine rings is 1. The van der Waals surface area contributed by atoms with Gasteiger partial charge in [-0.05, 0) is 52.2 Å². The number of aliphatic hydroxyl groups is 1. The van der Waals surface area contributed by atoms with E-state index in [1.165, 1.54) is 5.06 Å². The first-order valence-electron chi connectivity index (χ1n) is 9.01. The van der Waals surface area contributed by atoms with Gasteiger partial charge < -0.3 is 9.94 Å². The molecule has 0 saturated heterocycles. The van der Waals surface area contributed by atoms with Crippen molar-refractivity contribution in [3.05, 3.63) is 35.8 Å². The number of aliphatic hydroxyl groups excluding tert-OH is 1. The van der Waals surface area contributed by atoms with Crippen LogP contribution in [-0.4, -0.2) is 44.8 Å². The number of hydrogen-bond acceptors (Lipinski definition) is 8. The fourth-order valence-corrected chi connectivity index (χ4v) is 3.24. The highest BCUT2D eigenvalue weighted by Crippen LogP contribution is 2.33. The number of carbonyl (C=O) groups is 1. The second kappa shape index (κ2) is 7.98. The summed E-state index contributed by atoms with van der Waals surface area (Å²) in [7, 11) is 0. The second-order valence-electron chi connectivity index (χ2n) is 7.55. The van der Waals surface area contributed by atoms with Crippen molar-refractivity contribution < 1.29 is 14.7 Å². The Morgan fingerprint density at radius 3 is 2.74 bits per heavy atom. The van der Waals surface area contributed by atoms with Crippen LogP contribution in [0.15, 0.2) is 24.5 Å². The molecule has 0 saturated carbocycles. The summed E-state index contributed by atoms with van der Waals surface area (Å²) in [6.45, 7) is 6.31. The minimum absolute atomic E-state index is 0.0849. The van der Waals surface area contributed by atoms with E-state index < -0.39 is 6.23 Å². The van der Waals surface area contributed by atoms with Crippen molar-refractivity contribution in [1.82, 2.24) is 20.3 Å². The Hall–Kier alpha value is -2.58. The minimum Gasteiger partial charge on any atom is -0.377 e. The number of fused-ring (bicyclic) bond motifs is 1. The Kier molecular flexibility index (Phi) is 5.67. The highest BCUT2D eigenvalue weighted by Gasteiger charge is 2.26. The molecule has 2 aromatic heterocycles. The summed E-state index contributed by atoms with van der Waals surface area (Å²) < 4.78 is 0. The molecule has 1 aliphatic rings. The van der Waals surface area contributed by atoms with Gasteiger partial charge in [0.2, 0.25) is 0 Å². The zero-order valence-corrected chi connectivity index (χ0v) is 15.8. The summed E-state index contributed by atoms with van der Waals surface area (Å²) in [5.41, 5.74) is 3.02. The first kappa shape index (κ1) is 19.2. The van der Waals surface area contributed by atoms with E-state index in [0.29, 0.717) is 23.7 Å². The molecule has 1 atom stereocenters. The molecule has 2 N–H and O–H groups in total. The number of aryl methyl sites for hydroxylation is 1. The van der Waals surface area contributed by atoms with Gasteiger partial charge in [0, 0.05) is 29.2 Å². The molecule has 2 aromatic rings. The molecule has 0 spiro atoms. The van der Waals surface area contributed by atoms with E-state index >= 15 is 0 Å². The van der Waals surface area contributed by atoms with Gasteiger partial charge in [0.1, 0.15) is 11.9 Å². The number of anilines is 1. The van der Waals surface area contributed by atoms with Crippen LogP contribution in [0.1, 0.15) is 38.4 Å². The first-order valence-corrected chi connectivity index (χ1v) is 9.01. The molecule has 0 bridgehead atoms. The van der Waals surface area contributed by atoms with Crippen molar-refractivity contribution >= 4 is 12.2 Å². The van der Waals surface area contributed by atoms with Gasteiger partial charge in [0.25, 0.3) is 0 Å². The summed E-state index contributed by atoms with van der Waals surface area (Å²) >= 11 is 0. The van der Waals surface area contributed by atoms with Crippen LogP contribution in [-0.2, 0) is 22.5 Å². The third-order valence-corrected chi connectivity index (χ3v) is 4.20. The third-order valence-electron chi connectivity index (χ3n) is 4.20. The summed E-state index contributed by atoms with van der Waals surface area (Å²) in [4.78, 5) is 29.5. The van der Waals surface area contributed by atoms with E-state index in [2.05, 4.69) is 15.3 Å². The quantitative estimate of drug-likeness (QED) is 0.430. The van der Waals surface area contributed by atoms with Gasteiger partial charge in [-0.3, -0.25) is 10.1 Å². The maximum absolute atomic E-state index is 11.1. The van der Waals surface area contributed by atoms with Crippen molar-refractivity contribution in [1.29, 1.82) is 0 Å². The maximum Gasteiger partial charge on any atom is 0.320 e. The van der Waals surface area contributed by atoms with Gasteiger partial charge >= 0.3 is 6.47 Å². The molecular weight excluding hydrogens is 346 g/mol. The highest BCUT2D eigenvalue weighted by molar-refractivity contribution is 5.65. The highest BCUT2D eigenvalue weighted by atomic mass is 16.7. The summed E-state index contributed by atoms with van der Waals surface area (Å²) in [5, 5.41) is 14.9. The summed E-state index contributed by atoms with van der Waals surface area (Å²) in [6.07, 6.45) is 5.11. The molecule has 1 aliphatic carbocycles. The van der Waals surface area contributed by atoms with Crippen LogP contribution in [0.3, 0.4) is 0 Å². The number of hydrogen-bond donors (Lipinski definition) is 2. The molecule has 8 nitrogen and oxygen atoms in total. The number of nitrogens with one attached hydrogen (secondary N) is 1. The van der Waals surface area contributed by atoms with Crippen molar-refractivity contribution in [2.75, 3.05) is 11.6 Å². The van der Waals surface area contributed by atoms with Gasteiger partial charge in [-0.2, -0.15) is 0 Å². The third kappa shape index (κ3) is 4.78. The molecule has 3 rings (SSSR count). The van der Waals surface area contributed by atoms with E-state index in [1.807, 2.05) is 26.8 Å². The lowest BCUT2D eigenvalue weighted by molar-refractivity contribution is -0.130. The van der Waals surface area contributed by atoms with Crippen LogP contribution in [0.25, 0.3) is 11.5 Å². The number of aromatic nitrogens is 3. The number of nitrogens with zero attached hydrogens (tertiary/aromatic N) is 4. The van der Waals surface area contributed by atoms with Crippen LogP contribution >= 0.6 is 0 Å². The molecule has 0 aromatic carbocycles. The Bertz CT molecular complexity index is 792. The number of carbonyl (C=O) groups excluding carboxylic acids is 1. The predicted octanol–water partition coefficient (Wildman–Crippen LogP) is 1.63. The Labute approximate surface area is 158 Å². The van der Waals surface area contributed by atoms with Crippen LogP contribution in [0.4, 0.5) is 5.69 Å². The van der Waals surface area contributed by atoms with E-state index in [-0.39, 0.29) is 12.1 Å². The standard InChI is InChI=1S/C19H25N5O3/c1-19(2,3)23-17(26)11-24(27-12-25)16-10-15(18-20-8-5-9-21-18)22-14-7-4-6-13(14)16/h5,8-10,12,17,23,26H,4,6-7,11H2,1-3H3. The number of hydroxylamine groups is 1. The molecule has 0 aliphatic heterocycles. The van der Waals surface area contributed by atoms with Crippen molar-refractivity contribution in [3.8, 4) is 11.5 Å². The average molecular weight is 371 g/mol. The number of rotatable bonds is 7. The lowest BCUT2D eigenvalue weighted by atomic mass is 10.1. The summed E-state index contributed by atoms with van der Waals surface area (Å²) in [6, 6.07) is 3.56. The fourth-order valence-electron chi connectivity index (χ4n) is 3.24. The average Bonchev–Trinajstić information content (AvgIpc) is 3.08. The zero-order chi connectivity index (χ0) is 19.4. The van der Waals surface area contributed by atoms with Crippen LogP contribution in [0.2, 0.25) is 0 Å². The Morgan fingerprint density at radius 2 is 2.07 bits per heavy atom. The maximum atomic E-state index is 11.1. The SMILES string of the molecule is CC(C)(C)NC(O)CN(OC=O)c1cc(-c2ncccn2)nc2c1CCC2. The van der Waals surface area contributed by atoms with Crippen molar-refractivity contribution in [2.45, 2.75) is 51.8 Å². The molecular formula is C19H25N5O3. The topological polar surface area (TPSA) is 100 Å². The second-order valence-corrected chi connectivity index (χ2v) is 7.55. The lowest BCUT2D eigenvalue weighted by Gasteiger charge is -2.30. The fraction of sp³-hybridized carbons (Fsp3) is 0.474. The predicted molar refractivity (Wildman–Crippen MR) is 101 cm³/mol. The molecule has 1 unspecified atom stereocenters. The van der Waals surface area contributed by atoms with Crippen LogP contribution < -0.4 is 10.4 Å². The molecule has 0 amide bonds. The normalized spacial score (nSPS) is 14.5. The first-order chi connectivity index (χ1) is 12.9. The molecule has 2 heterocycles. The molecule has 0 radical (unpaired) electrons. The minimum atomic E-state index is -0.883. The van der Waals surface area contributed by atoms with Gasteiger partial charge in [0.15, 0.2) is 5.82 Å². The van der Waals surface area contributed by atoms with E-state index in [0.717, 1.165) is 30.5 Å². The lowest BCUT2D eigenvalue weighted by Crippen LogP contribution is -2.49. The molecule has 27 heavy (non-hydrogen) atoms. The van der Waals surface area contributed by atoms with E-state index in [9.17, 15) is 9.90 Å². The molecule has 0 fully saturated rings. The van der Waals surface area contributed by atoms with E-state index in [1.54, 1.807) is 18.5 Å². The van der Waals surface area contributed by atoms with Gasteiger partial charge in [0.05, 0.1) is 12.2 Å². The van der Waals surface area contributed by atoms with Gasteiger partial charge in [-0.15, -0.1) is 0 Å². The van der Waals surface area contributed by atoms with Crippen molar-refractivity contribution in [2.24, 2.45) is 0 Å². The largest absolute Gasteiger partial charge is 0.377 e. The van der Waals surface area contributed by atoms with Crippen LogP contribution in [0, 0.1) is 0 Å². The Morgan fingerprint density at radius 1 is 1.33 bits per heavy atom. The van der Waals surface area contributed by atoms with E-state index in [4.69, 9.17) is 9.82 Å². The van der Waals surface area contributed by atoms with Gasteiger partial charge in [-0.25, -0.2) is 20.0 Å². The van der Waals surface area contributed by atoms with Crippen molar-refractivity contribution in [3.63, 3.8) is 0 Å².